The monoisotopic (exact) mass is 229 g/mol. The molecule has 4 nitrogen and oxygen atoms in total. The molecule has 17 heavy (non-hydrogen) atoms. The summed E-state index contributed by atoms with van der Waals surface area (Å²) in [5, 5.41) is 2.86. The lowest BCUT2D eigenvalue weighted by molar-refractivity contribution is -0.116. The highest BCUT2D eigenvalue weighted by molar-refractivity contribution is 5.90. The van der Waals surface area contributed by atoms with E-state index in [1.807, 2.05) is 48.0 Å². The average Bonchev–Trinajstić information content (AvgIpc) is 2.83. The molecule has 4 heteroatoms. The first kappa shape index (κ1) is 11.4. The highest BCUT2D eigenvalue weighted by atomic mass is 16.1. The van der Waals surface area contributed by atoms with E-state index in [1.165, 1.54) is 0 Å². The van der Waals surface area contributed by atoms with Crippen LogP contribution in [-0.2, 0) is 4.79 Å². The van der Waals surface area contributed by atoms with Gasteiger partial charge in [0.15, 0.2) is 0 Å². The molecule has 0 aliphatic heterocycles. The van der Waals surface area contributed by atoms with Crippen molar-refractivity contribution in [1.82, 2.24) is 9.55 Å². The van der Waals surface area contributed by atoms with Crippen molar-refractivity contribution in [3.63, 3.8) is 0 Å². The Labute approximate surface area is 100 Å². The van der Waals surface area contributed by atoms with Crippen LogP contribution in [0.5, 0.6) is 0 Å². The molecule has 0 fully saturated rings. The molecular formula is C13H15N3O. The highest BCUT2D eigenvalue weighted by Crippen LogP contribution is 2.12. The number of aromatic nitrogens is 2. The SMILES string of the molecule is CC(CC(=O)Nc1ccccc1)n1ccnc1. The first-order valence-electron chi connectivity index (χ1n) is 5.58. The normalized spacial score (nSPS) is 12.1. The standard InChI is InChI=1S/C13H15N3O/c1-11(16-8-7-14-10-16)9-13(17)15-12-5-3-2-4-6-12/h2-8,10-11H,9H2,1H3,(H,15,17). The van der Waals surface area contributed by atoms with Gasteiger partial charge >= 0.3 is 0 Å². The molecule has 1 atom stereocenters. The fraction of sp³-hybridized carbons (Fsp3) is 0.231. The average molecular weight is 229 g/mol. The molecule has 0 aliphatic rings. The first-order chi connectivity index (χ1) is 8.25. The fourth-order valence-corrected chi connectivity index (χ4v) is 1.64. The van der Waals surface area contributed by atoms with Crippen LogP contribution in [0.1, 0.15) is 19.4 Å². The van der Waals surface area contributed by atoms with Crippen molar-refractivity contribution in [3.8, 4) is 0 Å². The van der Waals surface area contributed by atoms with Crippen LogP contribution in [0.3, 0.4) is 0 Å². The molecule has 0 spiro atoms. The molecule has 1 N–H and O–H groups in total. The maximum absolute atomic E-state index is 11.8. The Morgan fingerprint density at radius 1 is 1.41 bits per heavy atom. The van der Waals surface area contributed by atoms with Gasteiger partial charge in [-0.15, -0.1) is 0 Å². The van der Waals surface area contributed by atoms with Crippen LogP contribution in [0.25, 0.3) is 0 Å². The van der Waals surface area contributed by atoms with Crippen molar-refractivity contribution in [3.05, 3.63) is 49.1 Å². The van der Waals surface area contributed by atoms with Gasteiger partial charge in [-0.05, 0) is 19.1 Å². The minimum Gasteiger partial charge on any atom is -0.334 e. The van der Waals surface area contributed by atoms with Crippen molar-refractivity contribution >= 4 is 11.6 Å². The fourth-order valence-electron chi connectivity index (χ4n) is 1.64. The lowest BCUT2D eigenvalue weighted by Gasteiger charge is -2.12. The summed E-state index contributed by atoms with van der Waals surface area (Å²) in [4.78, 5) is 15.7. The van der Waals surface area contributed by atoms with E-state index >= 15 is 0 Å². The predicted octanol–water partition coefficient (Wildman–Crippen LogP) is 2.47. The van der Waals surface area contributed by atoms with Gasteiger partial charge in [0, 0.05) is 30.5 Å². The van der Waals surface area contributed by atoms with Gasteiger partial charge in [0.05, 0.1) is 6.33 Å². The number of hydrogen-bond donors (Lipinski definition) is 1. The summed E-state index contributed by atoms with van der Waals surface area (Å²) >= 11 is 0. The molecular weight excluding hydrogens is 214 g/mol. The van der Waals surface area contributed by atoms with Crippen LogP contribution in [0.15, 0.2) is 49.1 Å². The zero-order valence-corrected chi connectivity index (χ0v) is 9.71. The van der Waals surface area contributed by atoms with E-state index in [-0.39, 0.29) is 11.9 Å². The van der Waals surface area contributed by atoms with Crippen molar-refractivity contribution in [2.75, 3.05) is 5.32 Å². The van der Waals surface area contributed by atoms with Crippen molar-refractivity contribution in [2.45, 2.75) is 19.4 Å². The number of hydrogen-bond acceptors (Lipinski definition) is 2. The number of imidazole rings is 1. The van der Waals surface area contributed by atoms with Gasteiger partial charge in [-0.1, -0.05) is 18.2 Å². The number of benzene rings is 1. The van der Waals surface area contributed by atoms with E-state index in [0.29, 0.717) is 6.42 Å². The molecule has 2 rings (SSSR count). The second kappa shape index (κ2) is 5.30. The number of nitrogens with one attached hydrogen (secondary N) is 1. The maximum atomic E-state index is 11.8. The van der Waals surface area contributed by atoms with E-state index in [1.54, 1.807) is 12.5 Å². The van der Waals surface area contributed by atoms with E-state index in [4.69, 9.17) is 0 Å². The van der Waals surface area contributed by atoms with Gasteiger partial charge in [0.1, 0.15) is 0 Å². The molecule has 1 unspecified atom stereocenters. The van der Waals surface area contributed by atoms with Crippen LogP contribution < -0.4 is 5.32 Å². The summed E-state index contributed by atoms with van der Waals surface area (Å²) < 4.78 is 1.92. The van der Waals surface area contributed by atoms with Crippen LogP contribution in [0, 0.1) is 0 Å². The van der Waals surface area contributed by atoms with Gasteiger partial charge in [-0.25, -0.2) is 4.98 Å². The Kier molecular flexibility index (Phi) is 3.55. The lowest BCUT2D eigenvalue weighted by Crippen LogP contribution is -2.16. The third kappa shape index (κ3) is 3.17. The molecule has 0 radical (unpaired) electrons. The lowest BCUT2D eigenvalue weighted by atomic mass is 10.2. The smallest absolute Gasteiger partial charge is 0.226 e. The molecule has 1 heterocycles. The molecule has 88 valence electrons. The van der Waals surface area contributed by atoms with Crippen LogP contribution in [0.4, 0.5) is 5.69 Å². The van der Waals surface area contributed by atoms with E-state index in [2.05, 4.69) is 10.3 Å². The molecule has 0 bridgehead atoms. The Morgan fingerprint density at radius 2 is 2.18 bits per heavy atom. The minimum absolute atomic E-state index is 0.0115. The first-order valence-corrected chi connectivity index (χ1v) is 5.58. The quantitative estimate of drug-likeness (QED) is 0.875. The van der Waals surface area contributed by atoms with Crippen molar-refractivity contribution < 1.29 is 4.79 Å². The van der Waals surface area contributed by atoms with Gasteiger partial charge in [-0.3, -0.25) is 4.79 Å². The maximum Gasteiger partial charge on any atom is 0.226 e. The van der Waals surface area contributed by atoms with Gasteiger partial charge in [-0.2, -0.15) is 0 Å². The molecule has 0 saturated carbocycles. The summed E-state index contributed by atoms with van der Waals surface area (Å²) in [5.41, 5.74) is 0.829. The van der Waals surface area contributed by atoms with Crippen LogP contribution in [0.2, 0.25) is 0 Å². The molecule has 0 aliphatic carbocycles. The summed E-state index contributed by atoms with van der Waals surface area (Å²) in [6.45, 7) is 1.99. The number of anilines is 1. The zero-order valence-electron chi connectivity index (χ0n) is 9.71. The van der Waals surface area contributed by atoms with E-state index in [9.17, 15) is 4.79 Å². The molecule has 1 aromatic carbocycles. The van der Waals surface area contributed by atoms with Crippen molar-refractivity contribution in [1.29, 1.82) is 0 Å². The van der Waals surface area contributed by atoms with Gasteiger partial charge < -0.3 is 9.88 Å². The highest BCUT2D eigenvalue weighted by Gasteiger charge is 2.10. The summed E-state index contributed by atoms with van der Waals surface area (Å²) in [7, 11) is 0. The van der Waals surface area contributed by atoms with E-state index in [0.717, 1.165) is 5.69 Å². The Balaban J connectivity index is 1.90. The summed E-state index contributed by atoms with van der Waals surface area (Å²) in [5.74, 6) is 0.0115. The van der Waals surface area contributed by atoms with Gasteiger partial charge in [0.25, 0.3) is 0 Å². The molecule has 0 saturated heterocycles. The number of para-hydroxylation sites is 1. The second-order valence-corrected chi connectivity index (χ2v) is 3.98. The minimum atomic E-state index is 0.0115. The number of rotatable bonds is 4. The molecule has 1 amide bonds. The Hall–Kier alpha value is -2.10. The molecule has 1 aromatic heterocycles. The van der Waals surface area contributed by atoms with Crippen molar-refractivity contribution in [2.24, 2.45) is 0 Å². The predicted molar refractivity (Wildman–Crippen MR) is 66.6 cm³/mol. The van der Waals surface area contributed by atoms with E-state index < -0.39 is 0 Å². The van der Waals surface area contributed by atoms with Crippen LogP contribution in [-0.4, -0.2) is 15.5 Å². The Morgan fingerprint density at radius 3 is 2.82 bits per heavy atom. The molecule has 2 aromatic rings. The summed E-state index contributed by atoms with van der Waals surface area (Å²) in [6.07, 6.45) is 5.73. The third-order valence-electron chi connectivity index (χ3n) is 2.57. The topological polar surface area (TPSA) is 46.9 Å². The number of carbonyl (C=O) groups is 1. The number of carbonyl (C=O) groups excluding carboxylic acids is 1. The number of nitrogens with zero attached hydrogens (tertiary/aromatic N) is 2. The Bertz CT molecular complexity index is 465. The number of amides is 1. The second-order valence-electron chi connectivity index (χ2n) is 3.98. The van der Waals surface area contributed by atoms with Crippen LogP contribution >= 0.6 is 0 Å². The summed E-state index contributed by atoms with van der Waals surface area (Å²) in [6, 6.07) is 9.58. The zero-order chi connectivity index (χ0) is 12.1. The van der Waals surface area contributed by atoms with Gasteiger partial charge in [0.2, 0.25) is 5.91 Å². The largest absolute Gasteiger partial charge is 0.334 e. The third-order valence-corrected chi connectivity index (χ3v) is 2.57.